The fraction of sp³-hybridized carbons (Fsp3) is 0.591. The molecular weight excluding hydrogens is 410 g/mol. The highest BCUT2D eigenvalue weighted by Crippen LogP contribution is 2.57. The van der Waals surface area contributed by atoms with Crippen molar-refractivity contribution in [3.8, 4) is 11.9 Å². The van der Waals surface area contributed by atoms with Crippen molar-refractivity contribution in [2.24, 2.45) is 5.41 Å². The van der Waals surface area contributed by atoms with Crippen molar-refractivity contribution >= 4 is 23.4 Å². The van der Waals surface area contributed by atoms with Crippen LogP contribution in [0.1, 0.15) is 56.9 Å². The Bertz CT molecular complexity index is 1110. The Kier molecular flexibility index (Phi) is 4.21. The minimum absolute atomic E-state index is 0.0405. The summed E-state index contributed by atoms with van der Waals surface area (Å²) in [5.41, 5.74) is 0.595. The number of amides is 1. The highest BCUT2D eigenvalue weighted by atomic mass is 16.5. The zero-order chi connectivity index (χ0) is 21.9. The molecule has 1 spiro atoms. The Hall–Kier alpha value is -3.19. The molecule has 4 aliphatic rings. The fourth-order valence-corrected chi connectivity index (χ4v) is 4.96. The largest absolute Gasteiger partial charge is 0.475 e. The lowest BCUT2D eigenvalue weighted by atomic mass is 9.92. The van der Waals surface area contributed by atoms with Crippen LogP contribution in [0.25, 0.3) is 0 Å². The molecule has 2 aromatic heterocycles. The molecule has 0 bridgehead atoms. The molecule has 0 aromatic carbocycles. The number of carbonyl (C=O) groups excluding carboxylic acids is 1. The molecule has 166 valence electrons. The number of anilines is 3. The number of H-pyrrole nitrogens is 1. The topological polar surface area (TPSA) is 140 Å². The first-order valence-electron chi connectivity index (χ1n) is 11.3. The van der Waals surface area contributed by atoms with Gasteiger partial charge in [-0.05, 0) is 51.4 Å². The maximum atomic E-state index is 13.3. The van der Waals surface area contributed by atoms with Crippen LogP contribution in [-0.2, 0) is 10.2 Å². The van der Waals surface area contributed by atoms with E-state index in [1.165, 1.54) is 0 Å². The molecular formula is C22H25N7O3. The van der Waals surface area contributed by atoms with E-state index < -0.39 is 10.8 Å². The van der Waals surface area contributed by atoms with E-state index in [0.717, 1.165) is 50.5 Å². The molecule has 1 aliphatic heterocycles. The van der Waals surface area contributed by atoms with E-state index in [1.807, 2.05) is 4.90 Å². The van der Waals surface area contributed by atoms with Gasteiger partial charge in [-0.25, -0.2) is 10.1 Å². The van der Waals surface area contributed by atoms with Crippen molar-refractivity contribution in [3.05, 3.63) is 18.0 Å². The van der Waals surface area contributed by atoms with Crippen LogP contribution < -0.4 is 15.0 Å². The lowest BCUT2D eigenvalue weighted by molar-refractivity contribution is -0.121. The van der Waals surface area contributed by atoms with Gasteiger partial charge in [-0.1, -0.05) is 0 Å². The second kappa shape index (κ2) is 6.90. The molecule has 0 unspecified atom stereocenters. The van der Waals surface area contributed by atoms with Gasteiger partial charge in [0.2, 0.25) is 17.7 Å². The lowest BCUT2D eigenvalue weighted by Crippen LogP contribution is -2.44. The van der Waals surface area contributed by atoms with Crippen molar-refractivity contribution in [1.29, 1.82) is 5.26 Å². The normalized spacial score (nSPS) is 26.5. The smallest absolute Gasteiger partial charge is 0.239 e. The third-order valence-corrected chi connectivity index (χ3v) is 7.31. The molecule has 6 rings (SSSR count). The van der Waals surface area contributed by atoms with Crippen LogP contribution in [0.2, 0.25) is 0 Å². The van der Waals surface area contributed by atoms with Gasteiger partial charge in [0.1, 0.15) is 18.1 Å². The molecule has 3 saturated carbocycles. The number of nitrogens with zero attached hydrogens (tertiary/aromatic N) is 5. The number of fused-ring (bicyclic) bond motifs is 2. The van der Waals surface area contributed by atoms with Crippen LogP contribution >= 0.6 is 0 Å². The maximum absolute atomic E-state index is 13.3. The number of hydrogen-bond acceptors (Lipinski definition) is 8. The summed E-state index contributed by atoms with van der Waals surface area (Å²) in [4.78, 5) is 24.4. The standard InChI is InChI=1S/C22H25N7O3/c23-11-21(4-5-21)12-32-18-16(10-25-28-18)26-20-24-9-15-17(27-20)29(19(31)22(15)6-7-22)13-2-1-3-14(30)8-13/h9-10,13-14,30H,1-8,12H2,(H,25,28)(H,24,26,27)/t13-,14-/m1/s1. The molecule has 32 heavy (non-hydrogen) atoms. The van der Waals surface area contributed by atoms with E-state index >= 15 is 0 Å². The molecule has 2 atom stereocenters. The predicted molar refractivity (Wildman–Crippen MR) is 113 cm³/mol. The van der Waals surface area contributed by atoms with E-state index in [9.17, 15) is 15.2 Å². The molecule has 0 radical (unpaired) electrons. The van der Waals surface area contributed by atoms with E-state index in [0.29, 0.717) is 36.4 Å². The van der Waals surface area contributed by atoms with Gasteiger partial charge < -0.3 is 15.2 Å². The summed E-state index contributed by atoms with van der Waals surface area (Å²) in [5.74, 6) is 1.52. The Morgan fingerprint density at radius 2 is 2.16 bits per heavy atom. The predicted octanol–water partition coefficient (Wildman–Crippen LogP) is 2.31. The summed E-state index contributed by atoms with van der Waals surface area (Å²) in [6.07, 6.45) is 9.41. The van der Waals surface area contributed by atoms with Gasteiger partial charge in [0.05, 0.1) is 29.2 Å². The van der Waals surface area contributed by atoms with Gasteiger partial charge in [-0.15, -0.1) is 0 Å². The van der Waals surface area contributed by atoms with Crippen molar-refractivity contribution in [3.63, 3.8) is 0 Å². The van der Waals surface area contributed by atoms with E-state index in [4.69, 9.17) is 9.72 Å². The van der Waals surface area contributed by atoms with E-state index in [-0.39, 0.29) is 18.1 Å². The van der Waals surface area contributed by atoms with Crippen molar-refractivity contribution in [2.75, 3.05) is 16.8 Å². The maximum Gasteiger partial charge on any atom is 0.239 e. The Labute approximate surface area is 185 Å². The van der Waals surface area contributed by atoms with Crippen molar-refractivity contribution in [2.45, 2.75) is 68.9 Å². The molecule has 0 saturated heterocycles. The molecule has 3 N–H and O–H groups in total. The highest BCUT2D eigenvalue weighted by molar-refractivity contribution is 6.09. The minimum Gasteiger partial charge on any atom is -0.475 e. The molecule has 10 nitrogen and oxygen atoms in total. The Morgan fingerprint density at radius 3 is 2.88 bits per heavy atom. The summed E-state index contributed by atoms with van der Waals surface area (Å²) in [6.45, 7) is 0.306. The average molecular weight is 435 g/mol. The third-order valence-electron chi connectivity index (χ3n) is 7.31. The Balaban J connectivity index is 1.26. The number of nitrogens with one attached hydrogen (secondary N) is 2. The number of carbonyl (C=O) groups is 1. The van der Waals surface area contributed by atoms with E-state index in [2.05, 4.69) is 26.6 Å². The molecule has 1 amide bonds. The van der Waals surface area contributed by atoms with Gasteiger partial charge >= 0.3 is 0 Å². The molecule has 3 fully saturated rings. The van der Waals surface area contributed by atoms with Crippen LogP contribution in [0.3, 0.4) is 0 Å². The molecule has 2 aromatic rings. The minimum atomic E-state index is -0.476. The summed E-state index contributed by atoms with van der Waals surface area (Å²) < 4.78 is 5.80. The summed E-state index contributed by atoms with van der Waals surface area (Å²) in [6, 6.07) is 2.27. The van der Waals surface area contributed by atoms with Gasteiger partial charge in [-0.3, -0.25) is 9.69 Å². The number of nitriles is 1. The Morgan fingerprint density at radius 1 is 1.31 bits per heavy atom. The first-order chi connectivity index (χ1) is 15.5. The van der Waals surface area contributed by atoms with Crippen molar-refractivity contribution in [1.82, 2.24) is 20.2 Å². The zero-order valence-electron chi connectivity index (χ0n) is 17.7. The number of ether oxygens (including phenoxy) is 1. The summed E-state index contributed by atoms with van der Waals surface area (Å²) in [7, 11) is 0. The fourth-order valence-electron chi connectivity index (χ4n) is 4.96. The molecule has 3 heterocycles. The van der Waals surface area contributed by atoms with Crippen LogP contribution in [0.4, 0.5) is 17.5 Å². The number of rotatable bonds is 6. The SMILES string of the molecule is N#CC1(COc2[nH]ncc2Nc2ncc3c(n2)N([C@@H]2CCC[C@@H](O)C2)C(=O)C32CC2)CC1. The first-order valence-corrected chi connectivity index (χ1v) is 11.3. The third kappa shape index (κ3) is 3.03. The first kappa shape index (κ1) is 19.5. The van der Waals surface area contributed by atoms with E-state index in [1.54, 1.807) is 12.4 Å². The second-order valence-corrected chi connectivity index (χ2v) is 9.58. The van der Waals surface area contributed by atoms with Crippen molar-refractivity contribution < 1.29 is 14.6 Å². The van der Waals surface area contributed by atoms with Crippen LogP contribution in [0.15, 0.2) is 12.4 Å². The van der Waals surface area contributed by atoms with Gasteiger partial charge in [0, 0.05) is 17.8 Å². The number of aliphatic hydroxyl groups excluding tert-OH is 1. The lowest BCUT2D eigenvalue weighted by Gasteiger charge is -2.33. The monoisotopic (exact) mass is 435 g/mol. The number of aliphatic hydroxyl groups is 1. The van der Waals surface area contributed by atoms with Gasteiger partial charge in [0.15, 0.2) is 0 Å². The number of aromatic nitrogens is 4. The number of aromatic amines is 1. The number of hydrogen-bond donors (Lipinski definition) is 3. The van der Waals surface area contributed by atoms with Crippen LogP contribution in [-0.4, -0.2) is 49.9 Å². The zero-order valence-corrected chi connectivity index (χ0v) is 17.7. The molecule has 3 aliphatic carbocycles. The summed E-state index contributed by atoms with van der Waals surface area (Å²) in [5, 5.41) is 29.4. The van der Waals surface area contributed by atoms with Crippen LogP contribution in [0.5, 0.6) is 5.88 Å². The molecule has 10 heteroatoms. The quantitative estimate of drug-likeness (QED) is 0.628. The van der Waals surface area contributed by atoms with Gasteiger partial charge in [0.25, 0.3) is 0 Å². The van der Waals surface area contributed by atoms with Gasteiger partial charge in [-0.2, -0.15) is 15.3 Å². The van der Waals surface area contributed by atoms with Crippen LogP contribution in [0, 0.1) is 16.7 Å². The second-order valence-electron chi connectivity index (χ2n) is 9.58. The summed E-state index contributed by atoms with van der Waals surface area (Å²) >= 11 is 0. The average Bonchev–Trinajstić information content (AvgIpc) is 3.70. The highest BCUT2D eigenvalue weighted by Gasteiger charge is 2.61.